The van der Waals surface area contributed by atoms with E-state index >= 15 is 0 Å². The molecule has 0 spiro atoms. The van der Waals surface area contributed by atoms with Gasteiger partial charge in [0.25, 0.3) is 0 Å². The van der Waals surface area contributed by atoms with Crippen molar-refractivity contribution in [3.8, 4) is 56.7 Å². The molecule has 0 aliphatic carbocycles. The monoisotopic (exact) mass is 470 g/mol. The Morgan fingerprint density at radius 1 is 0.750 bits per heavy atom. The van der Waals surface area contributed by atoms with Gasteiger partial charge in [0, 0.05) is 40.2 Å². The van der Waals surface area contributed by atoms with Crippen molar-refractivity contribution in [2.45, 2.75) is 6.92 Å². The van der Waals surface area contributed by atoms with Crippen LogP contribution in [0.5, 0.6) is 11.6 Å². The van der Waals surface area contributed by atoms with E-state index < -0.39 is 0 Å². The summed E-state index contributed by atoms with van der Waals surface area (Å²) < 4.78 is 12.0. The molecule has 0 saturated heterocycles. The first-order chi connectivity index (χ1) is 17.7. The third kappa shape index (κ3) is 4.28. The van der Waals surface area contributed by atoms with Crippen LogP contribution in [0.25, 0.3) is 45.1 Å². The molecule has 6 rings (SSSR count). The predicted molar refractivity (Wildman–Crippen MR) is 139 cm³/mol. The van der Waals surface area contributed by atoms with E-state index in [9.17, 15) is 0 Å². The third-order valence-electron chi connectivity index (χ3n) is 5.87. The van der Waals surface area contributed by atoms with Gasteiger partial charge in [-0.25, -0.2) is 9.97 Å². The Morgan fingerprint density at radius 3 is 2.22 bits per heavy atom. The largest absolute Gasteiger partial charge is 0.444 e. The van der Waals surface area contributed by atoms with Crippen LogP contribution in [-0.4, -0.2) is 20.2 Å². The highest BCUT2D eigenvalue weighted by Crippen LogP contribution is 2.38. The maximum Gasteiger partial charge on any atom is 0.226 e. The lowest BCUT2D eigenvalue weighted by molar-refractivity contribution is 0.463. The lowest BCUT2D eigenvalue weighted by Crippen LogP contribution is -1.91. The fraction of sp³-hybridized carbons (Fsp3) is 0.0333. The summed E-state index contributed by atoms with van der Waals surface area (Å²) in [5, 5.41) is 7.80. The van der Waals surface area contributed by atoms with Crippen molar-refractivity contribution in [2.75, 3.05) is 0 Å². The molecule has 174 valence electrons. The Kier molecular flexibility index (Phi) is 5.60. The van der Waals surface area contributed by atoms with Gasteiger partial charge in [0.05, 0.1) is 0 Å². The van der Waals surface area contributed by atoms with E-state index in [1.165, 1.54) is 0 Å². The highest BCUT2D eigenvalue weighted by Gasteiger charge is 2.18. The average Bonchev–Trinajstić information content (AvgIpc) is 3.58. The third-order valence-corrected chi connectivity index (χ3v) is 5.87. The van der Waals surface area contributed by atoms with Gasteiger partial charge in [-0.15, -0.1) is 0 Å². The number of aryl methyl sites for hydroxylation is 1. The van der Waals surface area contributed by atoms with Crippen molar-refractivity contribution in [1.82, 2.24) is 20.2 Å². The van der Waals surface area contributed by atoms with E-state index in [4.69, 9.17) is 14.1 Å². The molecule has 3 aromatic heterocycles. The molecular formula is C30H22N4O2. The predicted octanol–water partition coefficient (Wildman–Crippen LogP) is 7.56. The van der Waals surface area contributed by atoms with Gasteiger partial charge in [-0.1, -0.05) is 66.7 Å². The summed E-state index contributed by atoms with van der Waals surface area (Å²) in [6, 6.07) is 31.6. The number of pyridine rings is 1. The molecule has 0 aliphatic rings. The van der Waals surface area contributed by atoms with E-state index in [-0.39, 0.29) is 0 Å². The second-order valence-corrected chi connectivity index (χ2v) is 8.36. The van der Waals surface area contributed by atoms with E-state index in [0.29, 0.717) is 17.5 Å². The lowest BCUT2D eigenvalue weighted by Gasteiger charge is -2.10. The average molecular weight is 471 g/mol. The zero-order valence-electron chi connectivity index (χ0n) is 19.6. The van der Waals surface area contributed by atoms with Crippen molar-refractivity contribution in [3.63, 3.8) is 0 Å². The number of aromatic amines is 1. The number of nitrogens with zero attached hydrogens (tertiary/aromatic N) is 3. The molecule has 0 saturated carbocycles. The minimum Gasteiger partial charge on any atom is -0.444 e. The van der Waals surface area contributed by atoms with Crippen molar-refractivity contribution in [1.29, 1.82) is 0 Å². The van der Waals surface area contributed by atoms with Crippen LogP contribution in [0.4, 0.5) is 0 Å². The van der Waals surface area contributed by atoms with Gasteiger partial charge in [0.2, 0.25) is 11.8 Å². The fourth-order valence-corrected chi connectivity index (χ4v) is 4.19. The molecule has 3 heterocycles. The van der Waals surface area contributed by atoms with Crippen LogP contribution in [0.15, 0.2) is 114 Å². The summed E-state index contributed by atoms with van der Waals surface area (Å²) in [5.74, 6) is 1.61. The number of H-pyrrole nitrogens is 1. The number of nitrogens with one attached hydrogen (secondary N) is 1. The quantitative estimate of drug-likeness (QED) is 0.272. The molecule has 36 heavy (non-hydrogen) atoms. The highest BCUT2D eigenvalue weighted by molar-refractivity contribution is 5.84. The summed E-state index contributed by atoms with van der Waals surface area (Å²) in [6.45, 7) is 2.02. The number of aromatic nitrogens is 4. The SMILES string of the molecule is Cc1[nH]nc(-c2cc(Oc3ccccn3)cc(-c3nc(-c4ccccc4)co3)c2)c1-c1ccccc1. The Morgan fingerprint density at radius 2 is 1.47 bits per heavy atom. The Labute approximate surface area is 208 Å². The first kappa shape index (κ1) is 21.6. The normalized spacial score (nSPS) is 10.9. The number of hydrogen-bond donors (Lipinski definition) is 1. The van der Waals surface area contributed by atoms with Crippen molar-refractivity contribution < 1.29 is 9.15 Å². The minimum absolute atomic E-state index is 0.495. The van der Waals surface area contributed by atoms with Crippen LogP contribution >= 0.6 is 0 Å². The van der Waals surface area contributed by atoms with Crippen LogP contribution in [0.1, 0.15) is 5.69 Å². The molecule has 3 aromatic carbocycles. The molecule has 6 nitrogen and oxygen atoms in total. The standard InChI is InChI=1S/C30H22N4O2/c1-20-28(22-12-6-3-7-13-22)29(34-33-20)23-16-24(18-25(17-23)36-27-14-8-9-15-31-27)30-32-26(19-35-30)21-10-4-2-5-11-21/h2-19H,1H3,(H,33,34). The van der Waals surface area contributed by atoms with Gasteiger partial charge in [-0.2, -0.15) is 5.10 Å². The second kappa shape index (κ2) is 9.35. The molecule has 1 N–H and O–H groups in total. The lowest BCUT2D eigenvalue weighted by atomic mass is 9.98. The molecule has 6 aromatic rings. The summed E-state index contributed by atoms with van der Waals surface area (Å²) in [6.07, 6.45) is 3.37. The van der Waals surface area contributed by atoms with E-state index in [2.05, 4.69) is 27.3 Å². The van der Waals surface area contributed by atoms with Crippen LogP contribution < -0.4 is 4.74 Å². The molecule has 0 fully saturated rings. The van der Waals surface area contributed by atoms with Gasteiger partial charge < -0.3 is 9.15 Å². The first-order valence-electron chi connectivity index (χ1n) is 11.6. The summed E-state index contributed by atoms with van der Waals surface area (Å²) in [7, 11) is 0. The number of rotatable bonds is 6. The summed E-state index contributed by atoms with van der Waals surface area (Å²) >= 11 is 0. The molecule has 0 aliphatic heterocycles. The minimum atomic E-state index is 0.495. The molecule has 0 atom stereocenters. The van der Waals surface area contributed by atoms with Crippen molar-refractivity contribution in [2.24, 2.45) is 0 Å². The van der Waals surface area contributed by atoms with Crippen molar-refractivity contribution >= 4 is 0 Å². The van der Waals surface area contributed by atoms with Crippen LogP contribution in [0.3, 0.4) is 0 Å². The number of hydrogen-bond acceptors (Lipinski definition) is 5. The number of oxazole rings is 1. The van der Waals surface area contributed by atoms with Crippen LogP contribution in [-0.2, 0) is 0 Å². The zero-order valence-corrected chi connectivity index (χ0v) is 19.6. The molecule has 0 amide bonds. The van der Waals surface area contributed by atoms with E-state index in [0.717, 1.165) is 44.9 Å². The van der Waals surface area contributed by atoms with Crippen molar-refractivity contribution in [3.05, 3.63) is 115 Å². The fourth-order valence-electron chi connectivity index (χ4n) is 4.19. The maximum atomic E-state index is 6.13. The van der Waals surface area contributed by atoms with Crippen LogP contribution in [0, 0.1) is 6.92 Å². The molecule has 6 heteroatoms. The van der Waals surface area contributed by atoms with Gasteiger partial charge >= 0.3 is 0 Å². The Balaban J connectivity index is 1.48. The highest BCUT2D eigenvalue weighted by atomic mass is 16.5. The van der Waals surface area contributed by atoms with Gasteiger partial charge in [0.1, 0.15) is 23.4 Å². The maximum absolute atomic E-state index is 6.13. The summed E-state index contributed by atoms with van der Waals surface area (Å²) in [4.78, 5) is 9.06. The molecule has 0 radical (unpaired) electrons. The molecule has 0 bridgehead atoms. The number of ether oxygens (including phenoxy) is 1. The topological polar surface area (TPSA) is 76.8 Å². The van der Waals surface area contributed by atoms with Gasteiger partial charge in [-0.3, -0.25) is 5.10 Å². The first-order valence-corrected chi connectivity index (χ1v) is 11.6. The smallest absolute Gasteiger partial charge is 0.226 e. The van der Waals surface area contributed by atoms with E-state index in [1.807, 2.05) is 91.9 Å². The Bertz CT molecular complexity index is 1610. The molecular weight excluding hydrogens is 448 g/mol. The summed E-state index contributed by atoms with van der Waals surface area (Å²) in [5.41, 5.74) is 7.33. The number of benzene rings is 3. The van der Waals surface area contributed by atoms with E-state index in [1.54, 1.807) is 12.5 Å². The zero-order chi connectivity index (χ0) is 24.3. The molecule has 0 unspecified atom stereocenters. The van der Waals surface area contributed by atoms with Gasteiger partial charge in [0.15, 0.2) is 0 Å². The van der Waals surface area contributed by atoms with Crippen LogP contribution in [0.2, 0.25) is 0 Å². The van der Waals surface area contributed by atoms with Gasteiger partial charge in [-0.05, 0) is 36.8 Å². The second-order valence-electron chi connectivity index (χ2n) is 8.36. The Hall–Kier alpha value is -4.97.